The molecule has 1 unspecified atom stereocenters. The van der Waals surface area contributed by atoms with Crippen LogP contribution in [-0.4, -0.2) is 30.6 Å². The van der Waals surface area contributed by atoms with Gasteiger partial charge in [0.15, 0.2) is 0 Å². The van der Waals surface area contributed by atoms with E-state index in [-0.39, 0.29) is 5.91 Å². The molecule has 1 amide bonds. The molecule has 1 aromatic rings. The summed E-state index contributed by atoms with van der Waals surface area (Å²) in [7, 11) is 3.77. The largest absolute Gasteiger partial charge is 0.351 e. The van der Waals surface area contributed by atoms with Crippen LogP contribution in [0, 0.1) is 11.3 Å². The lowest BCUT2D eigenvalue weighted by molar-refractivity contribution is 0.0546. The van der Waals surface area contributed by atoms with Gasteiger partial charge in [0.2, 0.25) is 0 Å². The van der Waals surface area contributed by atoms with Crippen molar-refractivity contribution >= 4 is 11.6 Å². The molecule has 0 saturated heterocycles. The summed E-state index contributed by atoms with van der Waals surface area (Å²) in [6, 6.07) is 9.75. The number of anilines is 1. The molecular weight excluding hydrogens is 226 g/mol. The molecular formula is C14H17N3O. The molecule has 0 fully saturated rings. The lowest BCUT2D eigenvalue weighted by Crippen LogP contribution is -2.61. The summed E-state index contributed by atoms with van der Waals surface area (Å²) in [6.45, 7) is 2.00. The average Bonchev–Trinajstić information content (AvgIpc) is 2.41. The van der Waals surface area contributed by atoms with E-state index in [1.54, 1.807) is 11.9 Å². The standard InChI is InChI=1S/C14H17N3O/c1-14(9-6-10-15)16(2)12-8-5-4-7-11(12)13(18)17(14)3/h4-5,7-8H,6,9H2,1-3H3. The zero-order valence-corrected chi connectivity index (χ0v) is 11.0. The average molecular weight is 243 g/mol. The van der Waals surface area contributed by atoms with Crippen molar-refractivity contribution in [1.29, 1.82) is 5.26 Å². The van der Waals surface area contributed by atoms with Crippen LogP contribution in [-0.2, 0) is 0 Å². The molecule has 0 aromatic heterocycles. The Kier molecular flexibility index (Phi) is 3.00. The summed E-state index contributed by atoms with van der Waals surface area (Å²) in [6.07, 6.45) is 1.07. The van der Waals surface area contributed by atoms with Gasteiger partial charge >= 0.3 is 0 Å². The molecule has 0 N–H and O–H groups in total. The molecule has 1 heterocycles. The van der Waals surface area contributed by atoms with E-state index in [1.807, 2.05) is 38.2 Å². The van der Waals surface area contributed by atoms with E-state index >= 15 is 0 Å². The third-order valence-corrected chi connectivity index (χ3v) is 3.96. The van der Waals surface area contributed by atoms with Gasteiger partial charge in [0.1, 0.15) is 5.66 Å². The minimum absolute atomic E-state index is 0.0177. The van der Waals surface area contributed by atoms with Crippen LogP contribution in [0.5, 0.6) is 0 Å². The molecule has 0 aliphatic carbocycles. The number of nitrogens with zero attached hydrogens (tertiary/aromatic N) is 3. The summed E-state index contributed by atoms with van der Waals surface area (Å²) in [5.41, 5.74) is 1.21. The van der Waals surface area contributed by atoms with Gasteiger partial charge in [-0.1, -0.05) is 12.1 Å². The molecule has 1 atom stereocenters. The Bertz CT molecular complexity index is 520. The third-order valence-electron chi connectivity index (χ3n) is 3.96. The minimum Gasteiger partial charge on any atom is -0.351 e. The number of hydrogen-bond donors (Lipinski definition) is 0. The Hall–Kier alpha value is -2.02. The normalized spacial score (nSPS) is 22.7. The second-order valence-corrected chi connectivity index (χ2v) is 4.82. The van der Waals surface area contributed by atoms with Crippen molar-refractivity contribution in [1.82, 2.24) is 4.90 Å². The van der Waals surface area contributed by atoms with Crippen LogP contribution in [0.15, 0.2) is 24.3 Å². The first-order valence-electron chi connectivity index (χ1n) is 6.00. The molecule has 0 radical (unpaired) electrons. The zero-order valence-electron chi connectivity index (χ0n) is 11.0. The van der Waals surface area contributed by atoms with Gasteiger partial charge in [0, 0.05) is 26.9 Å². The number of carbonyl (C=O) groups excluding carboxylic acids is 1. The van der Waals surface area contributed by atoms with Crippen LogP contribution >= 0.6 is 0 Å². The molecule has 1 aliphatic heterocycles. The summed E-state index contributed by atoms with van der Waals surface area (Å²) < 4.78 is 0. The Morgan fingerprint density at radius 3 is 2.61 bits per heavy atom. The summed E-state index contributed by atoms with van der Waals surface area (Å²) in [5.74, 6) is 0.0177. The summed E-state index contributed by atoms with van der Waals surface area (Å²) in [4.78, 5) is 16.2. The monoisotopic (exact) mass is 243 g/mol. The van der Waals surface area contributed by atoms with E-state index in [2.05, 4.69) is 11.0 Å². The highest BCUT2D eigenvalue weighted by atomic mass is 16.2. The highest BCUT2D eigenvalue weighted by molar-refractivity contribution is 6.02. The van der Waals surface area contributed by atoms with Gasteiger partial charge in [-0.15, -0.1) is 0 Å². The van der Waals surface area contributed by atoms with E-state index in [1.165, 1.54) is 0 Å². The number of fused-ring (bicyclic) bond motifs is 1. The van der Waals surface area contributed by atoms with Crippen LogP contribution in [0.3, 0.4) is 0 Å². The topological polar surface area (TPSA) is 47.3 Å². The second-order valence-electron chi connectivity index (χ2n) is 4.82. The van der Waals surface area contributed by atoms with Crippen LogP contribution in [0.4, 0.5) is 5.69 Å². The van der Waals surface area contributed by atoms with Gasteiger partial charge in [0.05, 0.1) is 17.3 Å². The molecule has 1 aliphatic rings. The maximum absolute atomic E-state index is 12.4. The number of rotatable bonds is 2. The SMILES string of the molecule is CN1C(=O)c2ccccc2N(C)C1(C)CCC#N. The molecule has 4 nitrogen and oxygen atoms in total. The van der Waals surface area contributed by atoms with Gasteiger partial charge in [-0.25, -0.2) is 0 Å². The van der Waals surface area contributed by atoms with Gasteiger partial charge in [0.25, 0.3) is 5.91 Å². The van der Waals surface area contributed by atoms with Crippen molar-refractivity contribution in [2.24, 2.45) is 0 Å². The van der Waals surface area contributed by atoms with E-state index in [9.17, 15) is 4.79 Å². The van der Waals surface area contributed by atoms with Crippen molar-refractivity contribution in [3.8, 4) is 6.07 Å². The molecule has 1 aromatic carbocycles. The van der Waals surface area contributed by atoms with E-state index < -0.39 is 5.66 Å². The van der Waals surface area contributed by atoms with E-state index in [4.69, 9.17) is 5.26 Å². The van der Waals surface area contributed by atoms with Gasteiger partial charge in [-0.05, 0) is 19.1 Å². The zero-order chi connectivity index (χ0) is 13.3. The lowest BCUT2D eigenvalue weighted by atomic mass is 9.95. The van der Waals surface area contributed by atoms with Gasteiger partial charge in [-0.2, -0.15) is 5.26 Å². The predicted octanol–water partition coefficient (Wildman–Crippen LogP) is 2.23. The third kappa shape index (κ3) is 1.63. The molecule has 4 heteroatoms. The number of para-hydroxylation sites is 1. The number of hydrogen-bond acceptors (Lipinski definition) is 3. The van der Waals surface area contributed by atoms with Crippen molar-refractivity contribution in [2.75, 3.05) is 19.0 Å². The minimum atomic E-state index is -0.443. The summed E-state index contributed by atoms with van der Waals surface area (Å²) in [5, 5.41) is 8.77. The first-order chi connectivity index (χ1) is 8.52. The number of nitriles is 1. The fraction of sp³-hybridized carbons (Fsp3) is 0.429. The Balaban J connectivity index is 2.48. The molecule has 94 valence electrons. The lowest BCUT2D eigenvalue weighted by Gasteiger charge is -2.50. The van der Waals surface area contributed by atoms with E-state index in [0.717, 1.165) is 11.3 Å². The first kappa shape index (κ1) is 12.4. The molecule has 0 spiro atoms. The van der Waals surface area contributed by atoms with Crippen molar-refractivity contribution in [3.05, 3.63) is 29.8 Å². The second kappa shape index (κ2) is 4.34. The fourth-order valence-electron chi connectivity index (χ4n) is 2.46. The van der Waals surface area contributed by atoms with Gasteiger partial charge in [-0.3, -0.25) is 4.79 Å². The van der Waals surface area contributed by atoms with Crippen LogP contribution in [0.25, 0.3) is 0 Å². The maximum atomic E-state index is 12.4. The van der Waals surface area contributed by atoms with Gasteiger partial charge < -0.3 is 9.80 Å². The Morgan fingerprint density at radius 1 is 1.28 bits per heavy atom. The quantitative estimate of drug-likeness (QED) is 0.800. The number of benzene rings is 1. The van der Waals surface area contributed by atoms with Crippen molar-refractivity contribution in [2.45, 2.75) is 25.4 Å². The fourth-order valence-corrected chi connectivity index (χ4v) is 2.46. The van der Waals surface area contributed by atoms with Crippen LogP contribution in [0.1, 0.15) is 30.1 Å². The van der Waals surface area contributed by atoms with E-state index in [0.29, 0.717) is 12.8 Å². The predicted molar refractivity (Wildman–Crippen MR) is 70.2 cm³/mol. The van der Waals surface area contributed by atoms with Crippen LogP contribution < -0.4 is 4.90 Å². The molecule has 0 saturated carbocycles. The maximum Gasteiger partial charge on any atom is 0.257 e. The molecule has 18 heavy (non-hydrogen) atoms. The van der Waals surface area contributed by atoms with Crippen LogP contribution in [0.2, 0.25) is 0 Å². The highest BCUT2D eigenvalue weighted by Gasteiger charge is 2.42. The van der Waals surface area contributed by atoms with Crippen molar-refractivity contribution in [3.63, 3.8) is 0 Å². The molecule has 0 bridgehead atoms. The highest BCUT2D eigenvalue weighted by Crippen LogP contribution is 2.37. The Labute approximate surface area is 107 Å². The number of carbonyl (C=O) groups is 1. The molecule has 2 rings (SSSR count). The van der Waals surface area contributed by atoms with Crippen molar-refractivity contribution < 1.29 is 4.79 Å². The first-order valence-corrected chi connectivity index (χ1v) is 6.00. The number of amides is 1. The Morgan fingerprint density at radius 2 is 1.94 bits per heavy atom. The summed E-state index contributed by atoms with van der Waals surface area (Å²) >= 11 is 0. The smallest absolute Gasteiger partial charge is 0.257 e.